The van der Waals surface area contributed by atoms with Crippen LogP contribution in [0.4, 0.5) is 5.69 Å². The molecule has 1 N–H and O–H groups in total. The highest BCUT2D eigenvalue weighted by Crippen LogP contribution is 2.27. The third kappa shape index (κ3) is 4.98. The minimum atomic E-state index is -0.458. The molecule has 0 aliphatic heterocycles. The molecule has 0 spiro atoms. The topological polar surface area (TPSA) is 78.9 Å². The van der Waals surface area contributed by atoms with Crippen molar-refractivity contribution in [2.45, 2.75) is 26.2 Å². The smallest absolute Gasteiger partial charge is 0.345 e. The van der Waals surface area contributed by atoms with Crippen molar-refractivity contribution in [2.75, 3.05) is 5.32 Å². The van der Waals surface area contributed by atoms with Gasteiger partial charge >= 0.3 is 5.63 Å². The van der Waals surface area contributed by atoms with Gasteiger partial charge in [-0.25, -0.2) is 9.78 Å². The summed E-state index contributed by atoms with van der Waals surface area (Å²) in [5.74, 6) is 0. The fourth-order valence-electron chi connectivity index (χ4n) is 3.24. The van der Waals surface area contributed by atoms with Gasteiger partial charge in [0.1, 0.15) is 22.2 Å². The molecule has 32 heavy (non-hydrogen) atoms. The van der Waals surface area contributed by atoms with Crippen molar-refractivity contribution in [3.05, 3.63) is 85.6 Å². The molecule has 2 aromatic heterocycles. The van der Waals surface area contributed by atoms with Crippen molar-refractivity contribution in [1.29, 1.82) is 5.26 Å². The maximum absolute atomic E-state index is 12.5. The summed E-state index contributed by atoms with van der Waals surface area (Å²) in [6.07, 6.45) is 5.05. The van der Waals surface area contributed by atoms with E-state index in [0.717, 1.165) is 22.0 Å². The number of hydrogen-bond acceptors (Lipinski definition) is 6. The fraction of sp³-hybridized carbons (Fsp3) is 0.160. The normalized spacial score (nSPS) is 11.5. The molecule has 0 amide bonds. The largest absolute Gasteiger partial charge is 0.422 e. The lowest BCUT2D eigenvalue weighted by Crippen LogP contribution is -2.03. The number of nitriles is 1. The summed E-state index contributed by atoms with van der Waals surface area (Å²) in [5, 5.41) is 15.9. The van der Waals surface area contributed by atoms with Gasteiger partial charge in [-0.1, -0.05) is 41.4 Å². The molecule has 0 aliphatic rings. The van der Waals surface area contributed by atoms with Crippen LogP contribution < -0.4 is 10.9 Å². The zero-order valence-corrected chi connectivity index (χ0v) is 19.8. The van der Waals surface area contributed by atoms with Gasteiger partial charge in [-0.15, -0.1) is 11.3 Å². The summed E-state index contributed by atoms with van der Waals surface area (Å²) in [7, 11) is 0. The van der Waals surface area contributed by atoms with E-state index in [1.807, 2.05) is 24.3 Å². The second-order valence-corrected chi connectivity index (χ2v) is 9.06. The van der Waals surface area contributed by atoms with Crippen molar-refractivity contribution in [1.82, 2.24) is 4.98 Å². The third-order valence-electron chi connectivity index (χ3n) is 4.98. The Morgan fingerprint density at radius 3 is 2.81 bits per heavy atom. The molecule has 0 saturated heterocycles. The van der Waals surface area contributed by atoms with E-state index >= 15 is 0 Å². The molecular weight excluding hydrogens is 486 g/mol. The lowest BCUT2D eigenvalue weighted by atomic mass is 10.1. The molecule has 2 heterocycles. The number of hydrogen-bond donors (Lipinski definition) is 1. The number of nitrogens with zero attached hydrogens (tertiary/aromatic N) is 2. The fourth-order valence-corrected chi connectivity index (χ4v) is 4.40. The Labute approximate surface area is 198 Å². The predicted molar refractivity (Wildman–Crippen MR) is 134 cm³/mol. The summed E-state index contributed by atoms with van der Waals surface area (Å²) in [5.41, 5.74) is 3.50. The van der Waals surface area contributed by atoms with Crippen molar-refractivity contribution >= 4 is 49.5 Å². The van der Waals surface area contributed by atoms with E-state index in [9.17, 15) is 10.1 Å². The molecule has 0 unspecified atom stereocenters. The van der Waals surface area contributed by atoms with Gasteiger partial charge in [-0.3, -0.25) is 0 Å². The highest BCUT2D eigenvalue weighted by molar-refractivity contribution is 9.10. The average Bonchev–Trinajstić information content (AvgIpc) is 3.28. The number of halogens is 1. The standard InChI is InChI=1S/C25H20BrN3O2S/c1-2-3-4-16-5-8-20(9-6-16)28-14-18(13-27)24-29-22(15-32-24)21-12-17-11-19(26)7-10-23(17)31-25(21)30/h5-12,14-15,28H,2-4H2,1H3. The van der Waals surface area contributed by atoms with Crippen LogP contribution in [0.5, 0.6) is 0 Å². The molecule has 7 heteroatoms. The van der Waals surface area contributed by atoms with Crippen LogP contribution in [0.2, 0.25) is 0 Å². The number of benzene rings is 2. The van der Waals surface area contributed by atoms with E-state index in [4.69, 9.17) is 4.42 Å². The second kappa shape index (κ2) is 9.94. The Hall–Kier alpha value is -3.21. The number of unbranched alkanes of at least 4 members (excludes halogenated alkanes) is 1. The van der Waals surface area contributed by atoms with E-state index in [-0.39, 0.29) is 0 Å². The van der Waals surface area contributed by atoms with Crippen molar-refractivity contribution in [3.63, 3.8) is 0 Å². The Kier molecular flexibility index (Phi) is 6.84. The van der Waals surface area contributed by atoms with Crippen LogP contribution >= 0.6 is 27.3 Å². The number of allylic oxidation sites excluding steroid dienone is 1. The Morgan fingerprint density at radius 1 is 1.25 bits per heavy atom. The first-order chi connectivity index (χ1) is 15.6. The van der Waals surface area contributed by atoms with Gasteiger partial charge in [0.25, 0.3) is 0 Å². The van der Waals surface area contributed by atoms with Crippen LogP contribution in [-0.4, -0.2) is 4.98 Å². The molecule has 0 saturated carbocycles. The molecule has 0 radical (unpaired) electrons. The first-order valence-electron chi connectivity index (χ1n) is 10.2. The van der Waals surface area contributed by atoms with E-state index in [1.54, 1.807) is 23.7 Å². The molecule has 4 rings (SSSR count). The van der Waals surface area contributed by atoms with Crippen LogP contribution in [0.15, 0.2) is 73.8 Å². The monoisotopic (exact) mass is 505 g/mol. The van der Waals surface area contributed by atoms with E-state index in [1.165, 1.54) is 29.7 Å². The number of anilines is 1. The Balaban J connectivity index is 1.56. The van der Waals surface area contributed by atoms with Gasteiger partial charge in [0.05, 0.1) is 11.3 Å². The lowest BCUT2D eigenvalue weighted by Gasteiger charge is -2.04. The molecule has 160 valence electrons. The number of fused-ring (bicyclic) bond motifs is 1. The number of aromatic nitrogens is 1. The van der Waals surface area contributed by atoms with Gasteiger partial charge in [-0.05, 0) is 54.8 Å². The summed E-state index contributed by atoms with van der Waals surface area (Å²) < 4.78 is 6.33. The van der Waals surface area contributed by atoms with Crippen LogP contribution in [0, 0.1) is 11.3 Å². The predicted octanol–water partition coefficient (Wildman–Crippen LogP) is 7.00. The van der Waals surface area contributed by atoms with E-state index in [2.05, 4.69) is 51.4 Å². The number of rotatable bonds is 7. The minimum Gasteiger partial charge on any atom is -0.422 e. The lowest BCUT2D eigenvalue weighted by molar-refractivity contribution is 0.563. The minimum absolute atomic E-state index is 0.367. The first kappa shape index (κ1) is 22.0. The Bertz CT molecular complexity index is 1380. The van der Waals surface area contributed by atoms with Crippen LogP contribution in [0.25, 0.3) is 27.8 Å². The van der Waals surface area contributed by atoms with Crippen LogP contribution in [0.1, 0.15) is 30.3 Å². The van der Waals surface area contributed by atoms with Crippen molar-refractivity contribution < 1.29 is 4.42 Å². The summed E-state index contributed by atoms with van der Waals surface area (Å²) in [6, 6.07) is 17.6. The highest BCUT2D eigenvalue weighted by atomic mass is 79.9. The number of nitrogens with one attached hydrogen (secondary N) is 1. The van der Waals surface area contributed by atoms with Crippen molar-refractivity contribution in [2.24, 2.45) is 0 Å². The maximum atomic E-state index is 12.5. The first-order valence-corrected chi connectivity index (χ1v) is 11.9. The van der Waals surface area contributed by atoms with Crippen LogP contribution in [-0.2, 0) is 6.42 Å². The van der Waals surface area contributed by atoms with Crippen LogP contribution in [0.3, 0.4) is 0 Å². The molecule has 0 bridgehead atoms. The second-order valence-electron chi connectivity index (χ2n) is 7.28. The van der Waals surface area contributed by atoms with E-state index < -0.39 is 5.63 Å². The molecule has 0 fully saturated rings. The summed E-state index contributed by atoms with van der Waals surface area (Å²) in [6.45, 7) is 2.18. The molecule has 0 aliphatic carbocycles. The zero-order valence-electron chi connectivity index (χ0n) is 17.4. The molecule has 2 aromatic carbocycles. The van der Waals surface area contributed by atoms with Gasteiger partial charge in [0.15, 0.2) is 0 Å². The van der Waals surface area contributed by atoms with Crippen molar-refractivity contribution in [3.8, 4) is 17.3 Å². The molecule has 5 nitrogen and oxygen atoms in total. The SMILES string of the molecule is CCCCc1ccc(NC=C(C#N)c2nc(-c3cc4cc(Br)ccc4oc3=O)cs2)cc1. The van der Waals surface area contributed by atoms with Gasteiger partial charge in [-0.2, -0.15) is 5.26 Å². The molecule has 0 atom stereocenters. The number of aryl methyl sites for hydroxylation is 1. The maximum Gasteiger partial charge on any atom is 0.345 e. The van der Waals surface area contributed by atoms with E-state index in [0.29, 0.717) is 27.4 Å². The average molecular weight is 506 g/mol. The summed E-state index contributed by atoms with van der Waals surface area (Å²) >= 11 is 4.74. The van der Waals surface area contributed by atoms with Gasteiger partial charge in [0, 0.05) is 27.1 Å². The molecule has 4 aromatic rings. The highest BCUT2D eigenvalue weighted by Gasteiger charge is 2.14. The zero-order chi connectivity index (χ0) is 22.5. The van der Waals surface area contributed by atoms with Gasteiger partial charge < -0.3 is 9.73 Å². The Morgan fingerprint density at radius 2 is 2.06 bits per heavy atom. The summed E-state index contributed by atoms with van der Waals surface area (Å²) in [4.78, 5) is 17.0. The quantitative estimate of drug-likeness (QED) is 0.216. The number of thiazole rings is 1. The third-order valence-corrected chi connectivity index (χ3v) is 6.35. The van der Waals surface area contributed by atoms with Gasteiger partial charge in [0.2, 0.25) is 0 Å². The molecular formula is C25H20BrN3O2S.